The van der Waals surface area contributed by atoms with Crippen LogP contribution < -0.4 is 5.32 Å². The average molecular weight is 1180 g/mol. The van der Waals surface area contributed by atoms with Crippen molar-refractivity contribution in [2.75, 3.05) is 40.9 Å². The smallest absolute Gasteiger partial charge is 0.391 e. The SMILES string of the molecule is CC/C=C\C/C=C\C/C=C\C/C=C\C/C=C\C/C=C\CCCCCCCCCCCCCCCCCCC(=O)NC(COP(=O)(O)OCC[N+](C)(C)C)C(O)CCCCCCCCCCCCCCCCCCCCCCCCCCCC. The van der Waals surface area contributed by atoms with Crippen molar-refractivity contribution in [3.05, 3.63) is 72.9 Å². The number of quaternary nitrogens is 1. The van der Waals surface area contributed by atoms with Crippen LogP contribution in [0.1, 0.15) is 341 Å². The molecule has 0 rings (SSSR count). The summed E-state index contributed by atoms with van der Waals surface area (Å²) in [5.41, 5.74) is 0. The van der Waals surface area contributed by atoms with Crippen molar-refractivity contribution in [3.8, 4) is 0 Å². The van der Waals surface area contributed by atoms with Crippen molar-refractivity contribution in [2.24, 2.45) is 0 Å². The van der Waals surface area contributed by atoms with Crippen LogP contribution in [0.15, 0.2) is 72.9 Å². The Balaban J connectivity index is 4.01. The molecule has 3 unspecified atom stereocenters. The number of carbonyl (C=O) groups is 1. The van der Waals surface area contributed by atoms with E-state index in [1.807, 2.05) is 21.1 Å². The van der Waals surface area contributed by atoms with Crippen LogP contribution in [0.2, 0.25) is 0 Å². The molecule has 0 saturated carbocycles. The highest BCUT2D eigenvalue weighted by atomic mass is 31.2. The van der Waals surface area contributed by atoms with Crippen LogP contribution in [0.4, 0.5) is 0 Å². The zero-order valence-electron chi connectivity index (χ0n) is 55.7. The van der Waals surface area contributed by atoms with Crippen LogP contribution in [0.5, 0.6) is 0 Å². The number of nitrogens with zero attached hydrogens (tertiary/aromatic N) is 1. The quantitative estimate of drug-likeness (QED) is 0.0243. The highest BCUT2D eigenvalue weighted by Gasteiger charge is 2.28. The fourth-order valence-electron chi connectivity index (χ4n) is 10.7. The van der Waals surface area contributed by atoms with Crippen molar-refractivity contribution < 1.29 is 32.9 Å². The second-order valence-electron chi connectivity index (χ2n) is 25.6. The Kier molecular flexibility index (Phi) is 62.8. The highest BCUT2D eigenvalue weighted by Crippen LogP contribution is 2.43. The van der Waals surface area contributed by atoms with Gasteiger partial charge < -0.3 is 19.8 Å². The molecule has 3 N–H and O–H groups in total. The zero-order valence-corrected chi connectivity index (χ0v) is 56.6. The van der Waals surface area contributed by atoms with E-state index in [9.17, 15) is 19.4 Å². The Morgan fingerprint density at radius 2 is 0.723 bits per heavy atom. The molecule has 8 nitrogen and oxygen atoms in total. The Labute approximate surface area is 516 Å². The number of rotatable bonds is 66. The molecule has 3 atom stereocenters. The van der Waals surface area contributed by atoms with E-state index in [1.165, 1.54) is 238 Å². The number of hydrogen-bond donors (Lipinski definition) is 3. The number of phosphoric ester groups is 1. The number of nitrogens with one attached hydrogen (secondary N) is 1. The van der Waals surface area contributed by atoms with E-state index in [2.05, 4.69) is 92.1 Å². The first-order chi connectivity index (χ1) is 40.5. The topological polar surface area (TPSA) is 105 Å². The van der Waals surface area contributed by atoms with E-state index < -0.39 is 20.0 Å². The highest BCUT2D eigenvalue weighted by molar-refractivity contribution is 7.47. The number of aliphatic hydroxyl groups is 1. The standard InChI is InChI=1S/C74H139N2O6P/c1-6-8-10-12-14-16-18-20-22-24-26-28-30-32-34-35-36-37-38-39-40-41-42-44-46-48-50-52-54-56-58-60-62-64-66-68-74(78)75-72(71-82-83(79,80)81-70-69-76(3,4)5)73(77)67-65-63-61-59-57-55-53-51-49-47-45-43-33-31-29-27-25-23-21-19-17-15-13-11-9-7-2/h8,10,14,16,20,22,26,28,32,34,36-37,72-73,77H,6-7,9,11-13,15,17-19,21,23-25,27,29-31,33,35,38-71H2,1-5H3,(H-,75,78,79,80)/p+1/b10-8-,16-14-,22-20-,28-26-,34-32-,37-36-. The van der Waals surface area contributed by atoms with E-state index in [-0.39, 0.29) is 19.1 Å². The molecule has 0 saturated heterocycles. The summed E-state index contributed by atoms with van der Waals surface area (Å²) >= 11 is 0. The summed E-state index contributed by atoms with van der Waals surface area (Å²) in [4.78, 5) is 23.5. The molecule has 0 heterocycles. The van der Waals surface area contributed by atoms with Crippen molar-refractivity contribution >= 4 is 13.7 Å². The van der Waals surface area contributed by atoms with E-state index in [1.54, 1.807) is 0 Å². The Morgan fingerprint density at radius 3 is 1.06 bits per heavy atom. The molecule has 1 amide bonds. The van der Waals surface area contributed by atoms with Gasteiger partial charge in [0.15, 0.2) is 0 Å². The minimum atomic E-state index is -4.33. The maximum atomic E-state index is 13.1. The summed E-state index contributed by atoms with van der Waals surface area (Å²) in [5.74, 6) is -0.141. The normalized spacial score (nSPS) is 14.1. The minimum Gasteiger partial charge on any atom is -0.391 e. The van der Waals surface area contributed by atoms with Gasteiger partial charge in [0.25, 0.3) is 0 Å². The number of amides is 1. The number of phosphoric acid groups is 1. The molecule has 0 aliphatic carbocycles. The molecule has 0 spiro atoms. The molecular weight excluding hydrogens is 1040 g/mol. The van der Waals surface area contributed by atoms with Crippen molar-refractivity contribution in [1.82, 2.24) is 5.32 Å². The van der Waals surface area contributed by atoms with Crippen LogP contribution in [-0.4, -0.2) is 73.4 Å². The predicted octanol–water partition coefficient (Wildman–Crippen LogP) is 22.9. The number of carbonyl (C=O) groups excluding carboxylic acids is 1. The fraction of sp³-hybridized carbons (Fsp3) is 0.824. The first-order valence-corrected chi connectivity index (χ1v) is 37.3. The third-order valence-corrected chi connectivity index (χ3v) is 17.2. The van der Waals surface area contributed by atoms with Crippen LogP contribution in [0.25, 0.3) is 0 Å². The van der Waals surface area contributed by atoms with Gasteiger partial charge in [-0.2, -0.15) is 0 Å². The molecule has 0 aromatic rings. The van der Waals surface area contributed by atoms with Gasteiger partial charge in [-0.15, -0.1) is 0 Å². The molecule has 9 heteroatoms. The lowest BCUT2D eigenvalue weighted by atomic mass is 10.0. The Morgan fingerprint density at radius 1 is 0.422 bits per heavy atom. The summed E-state index contributed by atoms with van der Waals surface area (Å²) in [6, 6.07) is -0.765. The maximum Gasteiger partial charge on any atom is 0.472 e. The predicted molar refractivity (Wildman–Crippen MR) is 364 cm³/mol. The zero-order chi connectivity index (χ0) is 60.5. The first kappa shape index (κ1) is 80.9. The molecule has 0 radical (unpaired) electrons. The molecule has 83 heavy (non-hydrogen) atoms. The van der Waals surface area contributed by atoms with Crippen molar-refractivity contribution in [1.29, 1.82) is 0 Å². The Hall–Kier alpha value is -2.06. The number of aliphatic hydroxyl groups excluding tert-OH is 1. The number of allylic oxidation sites excluding steroid dienone is 12. The van der Waals surface area contributed by atoms with Crippen molar-refractivity contribution in [3.63, 3.8) is 0 Å². The fourth-order valence-corrected chi connectivity index (χ4v) is 11.4. The van der Waals surface area contributed by atoms with Gasteiger partial charge in [0.05, 0.1) is 39.9 Å². The summed E-state index contributed by atoms with van der Waals surface area (Å²) in [6.07, 6.45) is 90.0. The second-order valence-corrected chi connectivity index (χ2v) is 27.0. The van der Waals surface area contributed by atoms with Crippen LogP contribution in [-0.2, 0) is 18.4 Å². The summed E-state index contributed by atoms with van der Waals surface area (Å²) < 4.78 is 23.9. The average Bonchev–Trinajstić information content (AvgIpc) is 3.49. The van der Waals surface area contributed by atoms with Gasteiger partial charge in [0, 0.05) is 6.42 Å². The second kappa shape index (κ2) is 64.4. The largest absolute Gasteiger partial charge is 0.472 e. The lowest BCUT2D eigenvalue weighted by Crippen LogP contribution is -2.46. The number of hydrogen-bond acceptors (Lipinski definition) is 5. The number of likely N-dealkylation sites (N-methyl/N-ethyl adjacent to an activating group) is 1. The van der Waals surface area contributed by atoms with E-state index >= 15 is 0 Å². The summed E-state index contributed by atoms with van der Waals surface area (Å²) in [5, 5.41) is 14.2. The molecule has 0 aliphatic rings. The van der Waals surface area contributed by atoms with Gasteiger partial charge in [-0.3, -0.25) is 13.8 Å². The molecule has 0 fully saturated rings. The van der Waals surface area contributed by atoms with Gasteiger partial charge in [-0.25, -0.2) is 4.57 Å². The van der Waals surface area contributed by atoms with E-state index in [4.69, 9.17) is 9.05 Å². The van der Waals surface area contributed by atoms with Gasteiger partial charge in [-0.05, 0) is 64.2 Å². The molecule has 0 aromatic carbocycles. The lowest BCUT2D eigenvalue weighted by molar-refractivity contribution is -0.870. The first-order valence-electron chi connectivity index (χ1n) is 35.8. The minimum absolute atomic E-state index is 0.0743. The van der Waals surface area contributed by atoms with Crippen LogP contribution in [0, 0.1) is 0 Å². The van der Waals surface area contributed by atoms with Gasteiger partial charge >= 0.3 is 7.82 Å². The molecule has 0 bridgehead atoms. The van der Waals surface area contributed by atoms with Gasteiger partial charge in [0.2, 0.25) is 5.91 Å². The summed E-state index contributed by atoms with van der Waals surface area (Å²) in [6.45, 7) is 4.82. The molecule has 0 aliphatic heterocycles. The molecule has 486 valence electrons. The van der Waals surface area contributed by atoms with Gasteiger partial charge in [-0.1, -0.05) is 344 Å². The van der Waals surface area contributed by atoms with Crippen LogP contribution >= 0.6 is 7.82 Å². The van der Waals surface area contributed by atoms with E-state index in [0.717, 1.165) is 77.0 Å². The van der Waals surface area contributed by atoms with Crippen molar-refractivity contribution in [2.45, 2.75) is 353 Å². The Bertz CT molecular complexity index is 1580. The van der Waals surface area contributed by atoms with Crippen LogP contribution in [0.3, 0.4) is 0 Å². The third-order valence-electron chi connectivity index (χ3n) is 16.2. The molecule has 0 aromatic heterocycles. The summed E-state index contributed by atoms with van der Waals surface area (Å²) in [7, 11) is 1.63. The maximum absolute atomic E-state index is 13.1. The molecular formula is C74H140N2O6P+. The lowest BCUT2D eigenvalue weighted by Gasteiger charge is -2.26. The third kappa shape index (κ3) is 67.3. The monoisotopic (exact) mass is 1180 g/mol. The van der Waals surface area contributed by atoms with E-state index in [0.29, 0.717) is 23.9 Å². The van der Waals surface area contributed by atoms with Gasteiger partial charge in [0.1, 0.15) is 13.2 Å². The number of unbranched alkanes of at least 4 members (excludes halogenated alkanes) is 41.